The highest BCUT2D eigenvalue weighted by molar-refractivity contribution is 6.03. The molecule has 0 bridgehead atoms. The molecule has 2 aromatic rings. The summed E-state index contributed by atoms with van der Waals surface area (Å²) in [5.74, 6) is 0.510. The van der Waals surface area contributed by atoms with Crippen molar-refractivity contribution in [3.05, 3.63) is 59.7 Å². The molecule has 130 valence electrons. The molecule has 0 saturated carbocycles. The van der Waals surface area contributed by atoms with Gasteiger partial charge in [0.25, 0.3) is 0 Å². The van der Waals surface area contributed by atoms with Gasteiger partial charge in [0.1, 0.15) is 0 Å². The number of phenolic OH excluding ortho intramolecular Hbond substituents is 1. The van der Waals surface area contributed by atoms with Crippen LogP contribution in [0.15, 0.2) is 53.6 Å². The van der Waals surface area contributed by atoms with Gasteiger partial charge in [-0.3, -0.25) is 4.79 Å². The summed E-state index contributed by atoms with van der Waals surface area (Å²) in [5, 5.41) is 16.0. The number of benzene rings is 2. The average Bonchev–Trinajstić information content (AvgIpc) is 3.08. The van der Waals surface area contributed by atoms with Crippen LogP contribution in [0.3, 0.4) is 0 Å². The van der Waals surface area contributed by atoms with Crippen LogP contribution >= 0.6 is 0 Å². The van der Waals surface area contributed by atoms with Crippen molar-refractivity contribution in [3.63, 3.8) is 0 Å². The molecule has 0 aromatic heterocycles. The molecule has 1 unspecified atom stereocenters. The number of carbonyl (C=O) groups is 1. The van der Waals surface area contributed by atoms with Gasteiger partial charge < -0.3 is 9.84 Å². The van der Waals surface area contributed by atoms with Crippen LogP contribution in [0.25, 0.3) is 0 Å². The maximum atomic E-state index is 12.5. The van der Waals surface area contributed by atoms with Gasteiger partial charge >= 0.3 is 0 Å². The minimum atomic E-state index is -0.102. The zero-order valence-corrected chi connectivity index (χ0v) is 14.5. The number of hydrogen-bond donors (Lipinski definition) is 1. The van der Waals surface area contributed by atoms with Crippen molar-refractivity contribution >= 4 is 11.6 Å². The monoisotopic (exact) mass is 338 g/mol. The Morgan fingerprint density at radius 2 is 2.04 bits per heavy atom. The van der Waals surface area contributed by atoms with Crippen LogP contribution in [0, 0.1) is 0 Å². The maximum Gasteiger partial charge on any atom is 0.243 e. The molecule has 0 aliphatic carbocycles. The molecule has 0 spiro atoms. The Hall–Kier alpha value is -2.82. The lowest BCUT2D eigenvalue weighted by Gasteiger charge is -2.21. The van der Waals surface area contributed by atoms with E-state index in [9.17, 15) is 9.90 Å². The molecule has 0 saturated heterocycles. The van der Waals surface area contributed by atoms with Crippen molar-refractivity contribution in [1.29, 1.82) is 0 Å². The number of amides is 1. The Balaban J connectivity index is 1.95. The molecule has 1 aliphatic heterocycles. The third-order valence-electron chi connectivity index (χ3n) is 4.33. The van der Waals surface area contributed by atoms with Crippen molar-refractivity contribution in [2.24, 2.45) is 5.10 Å². The van der Waals surface area contributed by atoms with Crippen LogP contribution in [-0.4, -0.2) is 28.8 Å². The molecule has 25 heavy (non-hydrogen) atoms. The SMILES string of the molecule is CCCC(=O)N1N=C(c2ccc(O)c(OC)c2)CC1c1ccccc1. The molecule has 2 aromatic carbocycles. The molecular weight excluding hydrogens is 316 g/mol. The van der Waals surface area contributed by atoms with Crippen LogP contribution in [0.2, 0.25) is 0 Å². The Kier molecular flexibility index (Phi) is 5.03. The number of hydrazone groups is 1. The van der Waals surface area contributed by atoms with E-state index in [0.717, 1.165) is 23.3 Å². The van der Waals surface area contributed by atoms with Crippen molar-refractivity contribution in [1.82, 2.24) is 5.01 Å². The first-order valence-corrected chi connectivity index (χ1v) is 8.46. The average molecular weight is 338 g/mol. The zero-order valence-electron chi connectivity index (χ0n) is 14.5. The Labute approximate surface area is 147 Å². The number of carbonyl (C=O) groups excluding carboxylic acids is 1. The summed E-state index contributed by atoms with van der Waals surface area (Å²) in [6.07, 6.45) is 1.89. The van der Waals surface area contributed by atoms with Gasteiger partial charge in [0.05, 0.1) is 18.9 Å². The van der Waals surface area contributed by atoms with Gasteiger partial charge in [-0.25, -0.2) is 5.01 Å². The third kappa shape index (κ3) is 3.50. The van der Waals surface area contributed by atoms with Gasteiger partial charge in [-0.1, -0.05) is 37.3 Å². The first-order chi connectivity index (χ1) is 12.1. The van der Waals surface area contributed by atoms with E-state index in [0.29, 0.717) is 18.6 Å². The highest BCUT2D eigenvalue weighted by Crippen LogP contribution is 2.35. The number of ether oxygens (including phenoxy) is 1. The summed E-state index contributed by atoms with van der Waals surface area (Å²) in [4.78, 5) is 12.5. The normalized spacial score (nSPS) is 16.6. The number of phenols is 1. The molecule has 1 aliphatic rings. The van der Waals surface area contributed by atoms with Crippen LogP contribution in [0.1, 0.15) is 43.4 Å². The van der Waals surface area contributed by atoms with E-state index in [2.05, 4.69) is 5.10 Å². The summed E-state index contributed by atoms with van der Waals surface area (Å²) in [6, 6.07) is 15.0. The highest BCUT2D eigenvalue weighted by atomic mass is 16.5. The molecule has 5 heteroatoms. The minimum Gasteiger partial charge on any atom is -0.504 e. The highest BCUT2D eigenvalue weighted by Gasteiger charge is 2.32. The zero-order chi connectivity index (χ0) is 17.8. The Morgan fingerprint density at radius 3 is 2.72 bits per heavy atom. The number of hydrogen-bond acceptors (Lipinski definition) is 4. The summed E-state index contributed by atoms with van der Waals surface area (Å²) >= 11 is 0. The lowest BCUT2D eigenvalue weighted by atomic mass is 9.98. The van der Waals surface area contributed by atoms with Crippen molar-refractivity contribution < 1.29 is 14.6 Å². The van der Waals surface area contributed by atoms with Gasteiger partial charge in [-0.05, 0) is 30.2 Å². The topological polar surface area (TPSA) is 62.1 Å². The number of nitrogens with zero attached hydrogens (tertiary/aromatic N) is 2. The van der Waals surface area contributed by atoms with Crippen molar-refractivity contribution in [2.75, 3.05) is 7.11 Å². The van der Waals surface area contributed by atoms with E-state index in [1.165, 1.54) is 7.11 Å². The molecule has 5 nitrogen and oxygen atoms in total. The summed E-state index contributed by atoms with van der Waals surface area (Å²) in [7, 11) is 1.51. The maximum absolute atomic E-state index is 12.5. The Bertz CT molecular complexity index is 787. The molecule has 1 atom stereocenters. The van der Waals surface area contributed by atoms with Crippen LogP contribution in [0.5, 0.6) is 11.5 Å². The summed E-state index contributed by atoms with van der Waals surface area (Å²) < 4.78 is 5.18. The number of rotatable bonds is 5. The lowest BCUT2D eigenvalue weighted by molar-refractivity contribution is -0.133. The van der Waals surface area contributed by atoms with Crippen LogP contribution in [0.4, 0.5) is 0 Å². The molecule has 1 N–H and O–H groups in total. The van der Waals surface area contributed by atoms with Gasteiger partial charge in [-0.2, -0.15) is 5.10 Å². The van der Waals surface area contributed by atoms with E-state index < -0.39 is 0 Å². The largest absolute Gasteiger partial charge is 0.504 e. The van der Waals surface area contributed by atoms with E-state index >= 15 is 0 Å². The second-order valence-electron chi connectivity index (χ2n) is 6.05. The van der Waals surface area contributed by atoms with Crippen molar-refractivity contribution in [2.45, 2.75) is 32.2 Å². The molecule has 1 amide bonds. The smallest absolute Gasteiger partial charge is 0.243 e. The Morgan fingerprint density at radius 1 is 1.28 bits per heavy atom. The number of methoxy groups -OCH3 is 1. The van der Waals surface area contributed by atoms with Gasteiger partial charge in [0.2, 0.25) is 5.91 Å². The quantitative estimate of drug-likeness (QED) is 0.900. The third-order valence-corrected chi connectivity index (χ3v) is 4.33. The van der Waals surface area contributed by atoms with Crippen LogP contribution < -0.4 is 4.74 Å². The van der Waals surface area contributed by atoms with Gasteiger partial charge in [0, 0.05) is 18.4 Å². The molecule has 1 heterocycles. The minimum absolute atomic E-state index is 0.0251. The molecular formula is C20H22N2O3. The molecule has 3 rings (SSSR count). The molecule has 0 fully saturated rings. The number of aromatic hydroxyl groups is 1. The standard InChI is InChI=1S/C20H22N2O3/c1-3-7-20(24)22-17(14-8-5-4-6-9-14)13-16(21-22)15-10-11-18(23)19(12-15)25-2/h4-6,8-12,17,23H,3,7,13H2,1-2H3. The van der Waals surface area contributed by atoms with E-state index in [1.54, 1.807) is 23.2 Å². The van der Waals surface area contributed by atoms with Crippen molar-refractivity contribution in [3.8, 4) is 11.5 Å². The van der Waals surface area contributed by atoms with E-state index in [1.807, 2.05) is 37.3 Å². The van der Waals surface area contributed by atoms with E-state index in [4.69, 9.17) is 4.74 Å². The fourth-order valence-corrected chi connectivity index (χ4v) is 3.04. The van der Waals surface area contributed by atoms with Crippen LogP contribution in [-0.2, 0) is 4.79 Å². The fourth-order valence-electron chi connectivity index (χ4n) is 3.04. The van der Waals surface area contributed by atoms with Gasteiger partial charge in [0.15, 0.2) is 11.5 Å². The predicted molar refractivity (Wildman–Crippen MR) is 96.7 cm³/mol. The first kappa shape index (κ1) is 17.0. The summed E-state index contributed by atoms with van der Waals surface area (Å²) in [5.41, 5.74) is 2.73. The molecule has 0 radical (unpaired) electrons. The second kappa shape index (κ2) is 7.38. The fraction of sp³-hybridized carbons (Fsp3) is 0.300. The van der Waals surface area contributed by atoms with Gasteiger partial charge in [-0.15, -0.1) is 0 Å². The summed E-state index contributed by atoms with van der Waals surface area (Å²) in [6.45, 7) is 1.99. The predicted octanol–water partition coefficient (Wildman–Crippen LogP) is 3.88. The lowest BCUT2D eigenvalue weighted by Crippen LogP contribution is -2.26. The second-order valence-corrected chi connectivity index (χ2v) is 6.05. The first-order valence-electron chi connectivity index (χ1n) is 8.46. The van der Waals surface area contributed by atoms with E-state index in [-0.39, 0.29) is 17.7 Å².